The molecule has 1 aliphatic carbocycles. The third-order valence-electron chi connectivity index (χ3n) is 6.42. The van der Waals surface area contributed by atoms with Crippen molar-refractivity contribution in [3.63, 3.8) is 0 Å². The summed E-state index contributed by atoms with van der Waals surface area (Å²) >= 11 is 0. The molecule has 3 rings (SSSR count). The SMILES string of the molecule is CC(C)C(C)NC(=O)c1ccccc1N1CCC(NC(=O)C2CCCC2)CC1. The van der Waals surface area contributed by atoms with E-state index in [4.69, 9.17) is 0 Å². The number of nitrogens with zero attached hydrogens (tertiary/aromatic N) is 1. The first-order chi connectivity index (χ1) is 13.5. The number of benzene rings is 1. The minimum Gasteiger partial charge on any atom is -0.371 e. The Bertz CT molecular complexity index is 674. The van der Waals surface area contributed by atoms with Gasteiger partial charge in [-0.3, -0.25) is 9.59 Å². The van der Waals surface area contributed by atoms with Crippen molar-refractivity contribution in [2.24, 2.45) is 11.8 Å². The monoisotopic (exact) mass is 385 g/mol. The summed E-state index contributed by atoms with van der Waals surface area (Å²) in [7, 11) is 0. The molecule has 2 fully saturated rings. The van der Waals surface area contributed by atoms with E-state index in [9.17, 15) is 9.59 Å². The van der Waals surface area contributed by atoms with Crippen LogP contribution >= 0.6 is 0 Å². The third-order valence-corrected chi connectivity index (χ3v) is 6.42. The van der Waals surface area contributed by atoms with Gasteiger partial charge in [0.05, 0.1) is 5.56 Å². The maximum absolute atomic E-state index is 12.8. The zero-order valence-electron chi connectivity index (χ0n) is 17.5. The van der Waals surface area contributed by atoms with E-state index in [0.29, 0.717) is 5.92 Å². The average molecular weight is 386 g/mol. The maximum Gasteiger partial charge on any atom is 0.253 e. The molecule has 1 aliphatic heterocycles. The summed E-state index contributed by atoms with van der Waals surface area (Å²) in [6.07, 6.45) is 6.31. The Morgan fingerprint density at radius 2 is 1.64 bits per heavy atom. The van der Waals surface area contributed by atoms with Crippen molar-refractivity contribution in [1.29, 1.82) is 0 Å². The first kappa shape index (κ1) is 20.7. The van der Waals surface area contributed by atoms with Crippen LogP contribution in [0.15, 0.2) is 24.3 Å². The van der Waals surface area contributed by atoms with Crippen LogP contribution in [-0.2, 0) is 4.79 Å². The molecule has 1 aromatic rings. The van der Waals surface area contributed by atoms with Crippen LogP contribution in [0.2, 0.25) is 0 Å². The molecule has 1 saturated carbocycles. The second-order valence-corrected chi connectivity index (χ2v) is 8.77. The van der Waals surface area contributed by atoms with Crippen LogP contribution in [0.3, 0.4) is 0 Å². The van der Waals surface area contributed by atoms with Gasteiger partial charge in [0.25, 0.3) is 5.91 Å². The Morgan fingerprint density at radius 3 is 2.29 bits per heavy atom. The second kappa shape index (κ2) is 9.44. The summed E-state index contributed by atoms with van der Waals surface area (Å²) in [4.78, 5) is 27.5. The molecule has 0 bridgehead atoms. The summed E-state index contributed by atoms with van der Waals surface area (Å²) in [6, 6.07) is 8.25. The van der Waals surface area contributed by atoms with Crippen molar-refractivity contribution in [1.82, 2.24) is 10.6 Å². The van der Waals surface area contributed by atoms with Crippen molar-refractivity contribution < 1.29 is 9.59 Å². The van der Waals surface area contributed by atoms with Gasteiger partial charge in [-0.15, -0.1) is 0 Å². The summed E-state index contributed by atoms with van der Waals surface area (Å²) in [5, 5.41) is 6.38. The molecule has 1 heterocycles. The molecule has 0 radical (unpaired) electrons. The highest BCUT2D eigenvalue weighted by Crippen LogP contribution is 2.27. The van der Waals surface area contributed by atoms with E-state index in [2.05, 4.69) is 29.4 Å². The Kier molecular flexibility index (Phi) is 6.97. The molecule has 28 heavy (non-hydrogen) atoms. The van der Waals surface area contributed by atoms with E-state index >= 15 is 0 Å². The highest BCUT2D eigenvalue weighted by atomic mass is 16.2. The lowest BCUT2D eigenvalue weighted by atomic mass is 10.0. The molecule has 1 unspecified atom stereocenters. The van der Waals surface area contributed by atoms with Gasteiger partial charge in [0, 0.05) is 36.8 Å². The van der Waals surface area contributed by atoms with Crippen LogP contribution in [0.25, 0.3) is 0 Å². The van der Waals surface area contributed by atoms with Crippen molar-refractivity contribution in [3.05, 3.63) is 29.8 Å². The topological polar surface area (TPSA) is 61.4 Å². The van der Waals surface area contributed by atoms with Crippen LogP contribution in [0, 0.1) is 11.8 Å². The average Bonchev–Trinajstić information content (AvgIpc) is 3.23. The zero-order chi connectivity index (χ0) is 20.1. The van der Waals surface area contributed by atoms with Crippen molar-refractivity contribution >= 4 is 17.5 Å². The molecule has 1 aromatic carbocycles. The quantitative estimate of drug-likeness (QED) is 0.784. The van der Waals surface area contributed by atoms with Crippen LogP contribution in [0.1, 0.15) is 69.7 Å². The molecule has 1 atom stereocenters. The Balaban J connectivity index is 1.58. The number of piperidine rings is 1. The van der Waals surface area contributed by atoms with Gasteiger partial charge >= 0.3 is 0 Å². The lowest BCUT2D eigenvalue weighted by Gasteiger charge is -2.35. The smallest absolute Gasteiger partial charge is 0.253 e. The number of para-hydroxylation sites is 1. The zero-order valence-corrected chi connectivity index (χ0v) is 17.5. The number of carbonyl (C=O) groups excluding carboxylic acids is 2. The van der Waals surface area contributed by atoms with Gasteiger partial charge in [-0.1, -0.05) is 38.8 Å². The van der Waals surface area contributed by atoms with Gasteiger partial charge in [0.2, 0.25) is 5.91 Å². The molecule has 5 heteroatoms. The second-order valence-electron chi connectivity index (χ2n) is 8.77. The fraction of sp³-hybridized carbons (Fsp3) is 0.652. The highest BCUT2D eigenvalue weighted by molar-refractivity contribution is 6.00. The Hall–Kier alpha value is -2.04. The largest absolute Gasteiger partial charge is 0.371 e. The van der Waals surface area contributed by atoms with Crippen molar-refractivity contribution in [2.45, 2.75) is 71.4 Å². The van der Waals surface area contributed by atoms with Gasteiger partial charge in [0.1, 0.15) is 0 Å². The van der Waals surface area contributed by atoms with Gasteiger partial charge in [-0.25, -0.2) is 0 Å². The first-order valence-corrected chi connectivity index (χ1v) is 10.9. The molecule has 1 saturated heterocycles. The predicted octanol–water partition coefficient (Wildman–Crippen LogP) is 3.74. The summed E-state index contributed by atoms with van der Waals surface area (Å²) < 4.78 is 0. The van der Waals surface area contributed by atoms with Gasteiger partial charge < -0.3 is 15.5 Å². The van der Waals surface area contributed by atoms with Crippen LogP contribution in [0.4, 0.5) is 5.69 Å². The standard InChI is InChI=1S/C23H35N3O2/c1-16(2)17(3)24-23(28)20-10-6-7-11-21(20)26-14-12-19(13-15-26)25-22(27)18-8-4-5-9-18/h6-7,10-11,16-19H,4-5,8-9,12-15H2,1-3H3,(H,24,28)(H,25,27). The molecule has 0 spiro atoms. The molecular formula is C23H35N3O2. The van der Waals surface area contributed by atoms with E-state index < -0.39 is 0 Å². The summed E-state index contributed by atoms with van der Waals surface area (Å²) in [6.45, 7) is 7.99. The fourth-order valence-electron chi connectivity index (χ4n) is 4.16. The lowest BCUT2D eigenvalue weighted by molar-refractivity contribution is -0.125. The molecule has 0 aromatic heterocycles. The van der Waals surface area contributed by atoms with Crippen LogP contribution in [-0.4, -0.2) is 37.0 Å². The van der Waals surface area contributed by atoms with Crippen LogP contribution in [0.5, 0.6) is 0 Å². The van der Waals surface area contributed by atoms with E-state index in [0.717, 1.165) is 50.0 Å². The fourth-order valence-corrected chi connectivity index (χ4v) is 4.16. The van der Waals surface area contributed by atoms with E-state index in [1.165, 1.54) is 12.8 Å². The lowest BCUT2D eigenvalue weighted by Crippen LogP contribution is -2.46. The number of hydrogen-bond acceptors (Lipinski definition) is 3. The number of nitrogens with one attached hydrogen (secondary N) is 2. The Morgan fingerprint density at radius 1 is 1.00 bits per heavy atom. The summed E-state index contributed by atoms with van der Waals surface area (Å²) in [5.41, 5.74) is 1.74. The van der Waals surface area contributed by atoms with E-state index in [1.54, 1.807) is 0 Å². The highest BCUT2D eigenvalue weighted by Gasteiger charge is 2.28. The van der Waals surface area contributed by atoms with E-state index in [1.807, 2.05) is 31.2 Å². The van der Waals surface area contributed by atoms with E-state index in [-0.39, 0.29) is 29.8 Å². The third kappa shape index (κ3) is 5.06. The van der Waals surface area contributed by atoms with Crippen molar-refractivity contribution in [3.8, 4) is 0 Å². The number of amides is 2. The molecule has 2 N–H and O–H groups in total. The number of hydrogen-bond donors (Lipinski definition) is 2. The summed E-state index contributed by atoms with van der Waals surface area (Å²) in [5.74, 6) is 0.868. The molecule has 2 amide bonds. The van der Waals surface area contributed by atoms with Crippen LogP contribution < -0.4 is 15.5 Å². The molecule has 154 valence electrons. The minimum absolute atomic E-state index is 0.00606. The molecular weight excluding hydrogens is 350 g/mol. The predicted molar refractivity (Wildman–Crippen MR) is 114 cm³/mol. The minimum atomic E-state index is -0.00606. The Labute approximate surface area is 169 Å². The number of carbonyl (C=O) groups is 2. The molecule has 2 aliphatic rings. The molecule has 5 nitrogen and oxygen atoms in total. The maximum atomic E-state index is 12.8. The van der Waals surface area contributed by atoms with Gasteiger partial charge in [-0.2, -0.15) is 0 Å². The normalized spacial score (nSPS) is 19.6. The van der Waals surface area contributed by atoms with Gasteiger partial charge in [0.15, 0.2) is 0 Å². The number of anilines is 1. The first-order valence-electron chi connectivity index (χ1n) is 10.9. The van der Waals surface area contributed by atoms with Gasteiger partial charge in [-0.05, 0) is 50.7 Å². The van der Waals surface area contributed by atoms with Crippen molar-refractivity contribution in [2.75, 3.05) is 18.0 Å². The number of rotatable bonds is 6.